The first-order chi connectivity index (χ1) is 15.5. The molecule has 0 saturated carbocycles. The third kappa shape index (κ3) is 3.60. The molecular weight excluding hydrogens is 413 g/mol. The summed E-state index contributed by atoms with van der Waals surface area (Å²) in [4.78, 5) is 19.8. The Bertz CT molecular complexity index is 1290. The molecule has 0 aliphatic carbocycles. The highest BCUT2D eigenvalue weighted by atomic mass is 19.1. The highest BCUT2D eigenvalue weighted by Gasteiger charge is 2.21. The molecule has 1 N–H and O–H groups in total. The van der Waals surface area contributed by atoms with Crippen molar-refractivity contribution in [2.24, 2.45) is 7.05 Å². The number of anilines is 2. The number of hydrogen-bond acceptors (Lipinski definition) is 6. The van der Waals surface area contributed by atoms with E-state index in [1.165, 1.54) is 6.07 Å². The van der Waals surface area contributed by atoms with Crippen LogP contribution in [0.25, 0.3) is 22.5 Å². The van der Waals surface area contributed by atoms with Gasteiger partial charge in [0.1, 0.15) is 11.5 Å². The smallest absolute Gasteiger partial charge is 0.256 e. The van der Waals surface area contributed by atoms with Gasteiger partial charge in [0.2, 0.25) is 0 Å². The average molecular weight is 435 g/mol. The van der Waals surface area contributed by atoms with Gasteiger partial charge in [0.05, 0.1) is 41.8 Å². The van der Waals surface area contributed by atoms with E-state index >= 15 is 0 Å². The van der Waals surface area contributed by atoms with Gasteiger partial charge in [0.15, 0.2) is 11.4 Å². The molecule has 3 aromatic heterocycles. The predicted molar refractivity (Wildman–Crippen MR) is 118 cm³/mol. The fraction of sp³-hybridized carbons (Fsp3) is 0.261. The minimum atomic E-state index is -0.390. The van der Waals surface area contributed by atoms with Gasteiger partial charge in [-0.25, -0.2) is 9.37 Å². The molecule has 0 radical (unpaired) electrons. The van der Waals surface area contributed by atoms with Crippen molar-refractivity contribution in [1.82, 2.24) is 14.8 Å². The monoisotopic (exact) mass is 435 g/mol. The van der Waals surface area contributed by atoms with Crippen molar-refractivity contribution < 1.29 is 18.3 Å². The molecule has 0 atom stereocenters. The van der Waals surface area contributed by atoms with Gasteiger partial charge in [-0.15, -0.1) is 0 Å². The van der Waals surface area contributed by atoms with Crippen molar-refractivity contribution in [1.29, 1.82) is 0 Å². The Kier molecular flexibility index (Phi) is 5.10. The second kappa shape index (κ2) is 8.08. The van der Waals surface area contributed by atoms with Crippen molar-refractivity contribution >= 4 is 28.3 Å². The Balaban J connectivity index is 1.49. The van der Waals surface area contributed by atoms with Gasteiger partial charge in [-0.2, -0.15) is 5.10 Å². The quantitative estimate of drug-likeness (QED) is 0.525. The Hall–Kier alpha value is -3.72. The molecule has 32 heavy (non-hydrogen) atoms. The Morgan fingerprint density at radius 1 is 1.19 bits per heavy atom. The van der Waals surface area contributed by atoms with E-state index in [0.717, 1.165) is 0 Å². The number of fused-ring (bicyclic) bond motifs is 1. The lowest BCUT2D eigenvalue weighted by Crippen LogP contribution is -2.36. The lowest BCUT2D eigenvalue weighted by atomic mass is 10.1. The first kappa shape index (κ1) is 20.2. The molecule has 1 fully saturated rings. The van der Waals surface area contributed by atoms with Crippen LogP contribution in [0.3, 0.4) is 0 Å². The van der Waals surface area contributed by atoms with Crippen LogP contribution in [0.15, 0.2) is 47.1 Å². The molecule has 1 saturated heterocycles. The average Bonchev–Trinajstić information content (AvgIpc) is 3.42. The number of aryl methyl sites for hydroxylation is 2. The van der Waals surface area contributed by atoms with Crippen LogP contribution in [0.4, 0.5) is 15.8 Å². The molecule has 0 bridgehead atoms. The maximum atomic E-state index is 14.8. The normalized spacial score (nSPS) is 14.2. The van der Waals surface area contributed by atoms with Crippen LogP contribution in [-0.4, -0.2) is 47.0 Å². The fourth-order valence-corrected chi connectivity index (χ4v) is 4.02. The number of carbonyl (C=O) groups excluding carboxylic acids is 1. The van der Waals surface area contributed by atoms with E-state index < -0.39 is 5.82 Å². The van der Waals surface area contributed by atoms with Gasteiger partial charge in [-0.3, -0.25) is 9.48 Å². The lowest BCUT2D eigenvalue weighted by Gasteiger charge is -2.29. The van der Waals surface area contributed by atoms with Crippen LogP contribution in [0.1, 0.15) is 16.1 Å². The molecule has 1 amide bonds. The minimum absolute atomic E-state index is 0.371. The molecule has 0 unspecified atom stereocenters. The molecule has 164 valence electrons. The van der Waals surface area contributed by atoms with Crippen LogP contribution in [0, 0.1) is 12.7 Å². The van der Waals surface area contributed by atoms with Gasteiger partial charge in [-0.05, 0) is 43.3 Å². The lowest BCUT2D eigenvalue weighted by molar-refractivity contribution is 0.102. The predicted octanol–water partition coefficient (Wildman–Crippen LogP) is 3.76. The molecule has 1 aliphatic rings. The summed E-state index contributed by atoms with van der Waals surface area (Å²) in [6, 6.07) is 9.93. The molecule has 8 nitrogen and oxygen atoms in total. The SMILES string of the molecule is Cc1nn(C)c2nc(-c3ccco3)cc(C(=O)Nc3ccc(N4CCOCC4)c(F)c3)c12. The topological polar surface area (TPSA) is 85.4 Å². The minimum Gasteiger partial charge on any atom is -0.463 e. The van der Waals surface area contributed by atoms with E-state index in [2.05, 4.69) is 15.4 Å². The maximum absolute atomic E-state index is 14.8. The number of hydrogen-bond donors (Lipinski definition) is 1. The third-order valence-electron chi connectivity index (χ3n) is 5.54. The third-order valence-corrected chi connectivity index (χ3v) is 5.54. The van der Waals surface area contributed by atoms with E-state index in [4.69, 9.17) is 9.15 Å². The Morgan fingerprint density at radius 2 is 2.00 bits per heavy atom. The summed E-state index contributed by atoms with van der Waals surface area (Å²) in [5.74, 6) is -0.223. The zero-order chi connectivity index (χ0) is 22.2. The number of rotatable bonds is 4. The first-order valence-corrected chi connectivity index (χ1v) is 10.3. The molecule has 4 aromatic rings. The number of halogens is 1. The van der Waals surface area contributed by atoms with Gasteiger partial charge in [0, 0.05) is 25.8 Å². The number of nitrogens with zero attached hydrogens (tertiary/aromatic N) is 4. The highest BCUT2D eigenvalue weighted by Crippen LogP contribution is 2.29. The summed E-state index contributed by atoms with van der Waals surface area (Å²) in [6.07, 6.45) is 1.55. The van der Waals surface area contributed by atoms with Crippen molar-refractivity contribution in [2.75, 3.05) is 36.5 Å². The zero-order valence-electron chi connectivity index (χ0n) is 17.8. The van der Waals surface area contributed by atoms with E-state index in [0.29, 0.717) is 71.4 Å². The maximum Gasteiger partial charge on any atom is 0.256 e. The van der Waals surface area contributed by atoms with E-state index in [1.807, 2.05) is 11.8 Å². The number of nitrogens with one attached hydrogen (secondary N) is 1. The number of ether oxygens (including phenoxy) is 1. The Morgan fingerprint density at radius 3 is 2.72 bits per heavy atom. The number of amides is 1. The van der Waals surface area contributed by atoms with Gasteiger partial charge in [0.25, 0.3) is 5.91 Å². The Labute approximate surface area is 183 Å². The molecule has 1 aliphatic heterocycles. The van der Waals surface area contributed by atoms with E-state index in [9.17, 15) is 9.18 Å². The first-order valence-electron chi connectivity index (χ1n) is 10.3. The van der Waals surface area contributed by atoms with E-state index in [1.54, 1.807) is 48.3 Å². The number of carbonyl (C=O) groups is 1. The zero-order valence-corrected chi connectivity index (χ0v) is 17.8. The number of aromatic nitrogens is 3. The summed E-state index contributed by atoms with van der Waals surface area (Å²) >= 11 is 0. The number of furan rings is 1. The molecule has 1 aromatic carbocycles. The number of morpholine rings is 1. The molecule has 0 spiro atoms. The fourth-order valence-electron chi connectivity index (χ4n) is 4.02. The number of pyridine rings is 1. The van der Waals surface area contributed by atoms with Gasteiger partial charge in [-0.1, -0.05) is 0 Å². The number of benzene rings is 1. The van der Waals surface area contributed by atoms with E-state index in [-0.39, 0.29) is 5.91 Å². The summed E-state index contributed by atoms with van der Waals surface area (Å²) in [5.41, 5.74) is 3.03. The summed E-state index contributed by atoms with van der Waals surface area (Å²) in [7, 11) is 1.77. The largest absolute Gasteiger partial charge is 0.463 e. The van der Waals surface area contributed by atoms with Crippen LogP contribution in [0.5, 0.6) is 0 Å². The van der Waals surface area contributed by atoms with Crippen LogP contribution in [0.2, 0.25) is 0 Å². The van der Waals surface area contributed by atoms with Crippen molar-refractivity contribution in [3.8, 4) is 11.5 Å². The molecule has 9 heteroatoms. The van der Waals surface area contributed by atoms with Crippen LogP contribution < -0.4 is 10.2 Å². The van der Waals surface area contributed by atoms with Crippen molar-refractivity contribution in [3.05, 3.63) is 59.7 Å². The van der Waals surface area contributed by atoms with Gasteiger partial charge < -0.3 is 19.4 Å². The van der Waals surface area contributed by atoms with Crippen LogP contribution >= 0.6 is 0 Å². The molecule has 4 heterocycles. The highest BCUT2D eigenvalue weighted by molar-refractivity contribution is 6.13. The van der Waals surface area contributed by atoms with Crippen molar-refractivity contribution in [3.63, 3.8) is 0 Å². The molecule has 5 rings (SSSR count). The van der Waals surface area contributed by atoms with Crippen molar-refractivity contribution in [2.45, 2.75) is 6.92 Å². The van der Waals surface area contributed by atoms with Gasteiger partial charge >= 0.3 is 0 Å². The second-order valence-corrected chi connectivity index (χ2v) is 7.66. The second-order valence-electron chi connectivity index (χ2n) is 7.66. The standard InChI is InChI=1S/C23H22FN5O3/c1-14-21-16(13-18(20-4-3-9-32-20)26-22(21)28(2)27-14)23(30)25-15-5-6-19(17(24)12-15)29-7-10-31-11-8-29/h3-6,9,12-13H,7-8,10-11H2,1-2H3,(H,25,30). The summed E-state index contributed by atoms with van der Waals surface area (Å²) in [6.45, 7) is 4.22. The van der Waals surface area contributed by atoms with Crippen LogP contribution in [-0.2, 0) is 11.8 Å². The summed E-state index contributed by atoms with van der Waals surface area (Å²) in [5, 5.41) is 7.86. The summed E-state index contributed by atoms with van der Waals surface area (Å²) < 4.78 is 27.2. The molecular formula is C23H22FN5O3.